The number of ether oxygens (including phenoxy) is 1. The van der Waals surface area contributed by atoms with Crippen molar-refractivity contribution < 1.29 is 46.7 Å². The molecule has 1 aromatic rings. The number of nitrogens with zero attached hydrogens (tertiary/aromatic N) is 1. The van der Waals surface area contributed by atoms with Gasteiger partial charge in [-0.2, -0.15) is 13.2 Å². The highest BCUT2D eigenvalue weighted by Crippen LogP contribution is 2.15. The number of alkyl halides is 3. The van der Waals surface area contributed by atoms with Crippen LogP contribution in [0.25, 0.3) is 0 Å². The lowest BCUT2D eigenvalue weighted by Crippen LogP contribution is -2.52. The average molecular weight is 431 g/mol. The SMILES string of the molecule is O=C(NC(CNC(=O)C(F)(F)F)C(=O)ON1C(=O)CCC1=O)OCc1ccccc1. The van der Waals surface area contributed by atoms with Crippen LogP contribution in [0.2, 0.25) is 0 Å². The molecule has 0 bridgehead atoms. The van der Waals surface area contributed by atoms with Crippen molar-refractivity contribution in [3.8, 4) is 0 Å². The normalized spacial score (nSPS) is 14.8. The predicted octanol–water partition coefficient (Wildman–Crippen LogP) is 0.567. The molecule has 1 aromatic carbocycles. The predicted molar refractivity (Wildman–Crippen MR) is 89.8 cm³/mol. The Morgan fingerprint density at radius 2 is 1.67 bits per heavy atom. The molecule has 1 saturated heterocycles. The van der Waals surface area contributed by atoms with Crippen LogP contribution < -0.4 is 10.6 Å². The Balaban J connectivity index is 2.00. The zero-order chi connectivity index (χ0) is 22.3. The molecule has 0 saturated carbocycles. The van der Waals surface area contributed by atoms with Crippen LogP contribution in [-0.4, -0.2) is 53.6 Å². The van der Waals surface area contributed by atoms with E-state index in [0.717, 1.165) is 0 Å². The molecule has 1 aliphatic heterocycles. The molecule has 30 heavy (non-hydrogen) atoms. The van der Waals surface area contributed by atoms with E-state index in [1.165, 1.54) is 5.32 Å². The molecule has 1 aliphatic rings. The number of rotatable bonds is 7. The first kappa shape index (κ1) is 22.6. The third-order valence-corrected chi connectivity index (χ3v) is 3.70. The van der Waals surface area contributed by atoms with Gasteiger partial charge in [0.15, 0.2) is 0 Å². The molecular formula is C17H16F3N3O7. The zero-order valence-corrected chi connectivity index (χ0v) is 15.2. The van der Waals surface area contributed by atoms with Gasteiger partial charge in [-0.3, -0.25) is 14.4 Å². The van der Waals surface area contributed by atoms with Crippen molar-refractivity contribution in [2.75, 3.05) is 6.54 Å². The van der Waals surface area contributed by atoms with Crippen LogP contribution in [0.15, 0.2) is 30.3 Å². The minimum atomic E-state index is -5.23. The summed E-state index contributed by atoms with van der Waals surface area (Å²) in [5.41, 5.74) is 0.588. The first-order chi connectivity index (χ1) is 14.1. The van der Waals surface area contributed by atoms with Crippen LogP contribution in [0.5, 0.6) is 0 Å². The molecule has 0 aromatic heterocycles. The monoisotopic (exact) mass is 431 g/mol. The summed E-state index contributed by atoms with van der Waals surface area (Å²) in [6.07, 6.45) is -6.87. The summed E-state index contributed by atoms with van der Waals surface area (Å²) in [6, 6.07) is 6.46. The highest BCUT2D eigenvalue weighted by Gasteiger charge is 2.40. The van der Waals surface area contributed by atoms with Gasteiger partial charge in [0.05, 0.1) is 0 Å². The highest BCUT2D eigenvalue weighted by molar-refractivity contribution is 6.02. The van der Waals surface area contributed by atoms with E-state index < -0.39 is 48.5 Å². The first-order valence-corrected chi connectivity index (χ1v) is 8.47. The lowest BCUT2D eigenvalue weighted by atomic mass is 10.2. The second-order valence-corrected chi connectivity index (χ2v) is 5.96. The van der Waals surface area contributed by atoms with Crippen LogP contribution >= 0.6 is 0 Å². The Bertz CT molecular complexity index is 814. The third kappa shape index (κ3) is 6.46. The largest absolute Gasteiger partial charge is 0.471 e. The van der Waals surface area contributed by atoms with Gasteiger partial charge in [-0.15, -0.1) is 5.06 Å². The fraction of sp³-hybridized carbons (Fsp3) is 0.353. The van der Waals surface area contributed by atoms with Crippen LogP contribution in [0, 0.1) is 0 Å². The van der Waals surface area contributed by atoms with Crippen molar-refractivity contribution in [2.45, 2.75) is 31.7 Å². The minimum Gasteiger partial charge on any atom is -0.445 e. The van der Waals surface area contributed by atoms with Crippen LogP contribution in [0.1, 0.15) is 18.4 Å². The molecule has 162 valence electrons. The summed E-state index contributed by atoms with van der Waals surface area (Å²) in [5, 5.41) is 3.49. The quantitative estimate of drug-likeness (QED) is 0.604. The molecular weight excluding hydrogens is 415 g/mol. The number of imide groups is 1. The van der Waals surface area contributed by atoms with Crippen molar-refractivity contribution in [1.29, 1.82) is 0 Å². The van der Waals surface area contributed by atoms with Gasteiger partial charge in [-0.25, -0.2) is 9.59 Å². The van der Waals surface area contributed by atoms with Crippen molar-refractivity contribution in [2.24, 2.45) is 0 Å². The van der Waals surface area contributed by atoms with Crippen molar-refractivity contribution in [3.05, 3.63) is 35.9 Å². The number of carbonyl (C=O) groups excluding carboxylic acids is 5. The number of hydrogen-bond acceptors (Lipinski definition) is 7. The summed E-state index contributed by atoms with van der Waals surface area (Å²) in [5.74, 6) is -5.48. The van der Waals surface area contributed by atoms with E-state index in [1.54, 1.807) is 30.3 Å². The van der Waals surface area contributed by atoms with E-state index in [1.807, 2.05) is 5.32 Å². The van der Waals surface area contributed by atoms with E-state index in [-0.39, 0.29) is 24.5 Å². The number of halogens is 3. The standard InChI is InChI=1S/C17H16F3N3O7/c18-17(19,20)15(27)21-8-11(14(26)30-23-12(24)6-7-13(23)25)22-16(28)29-9-10-4-2-1-3-5-10/h1-5,11H,6-9H2,(H,21,27)(H,22,28). The van der Waals surface area contributed by atoms with Gasteiger partial charge in [0.2, 0.25) is 0 Å². The number of nitrogens with one attached hydrogen (secondary N) is 2. The van der Waals surface area contributed by atoms with Crippen molar-refractivity contribution in [1.82, 2.24) is 15.7 Å². The van der Waals surface area contributed by atoms with Gasteiger partial charge in [-0.1, -0.05) is 30.3 Å². The van der Waals surface area contributed by atoms with Crippen LogP contribution in [0.3, 0.4) is 0 Å². The Morgan fingerprint density at radius 3 is 2.23 bits per heavy atom. The smallest absolute Gasteiger partial charge is 0.445 e. The third-order valence-electron chi connectivity index (χ3n) is 3.70. The molecule has 10 nitrogen and oxygen atoms in total. The van der Waals surface area contributed by atoms with Gasteiger partial charge in [0.25, 0.3) is 11.8 Å². The molecule has 13 heteroatoms. The molecule has 2 N–H and O–H groups in total. The minimum absolute atomic E-state index is 0.151. The average Bonchev–Trinajstić information content (AvgIpc) is 3.01. The number of carbonyl (C=O) groups is 5. The highest BCUT2D eigenvalue weighted by atomic mass is 19.4. The van der Waals surface area contributed by atoms with E-state index in [9.17, 15) is 37.1 Å². The van der Waals surface area contributed by atoms with E-state index >= 15 is 0 Å². The van der Waals surface area contributed by atoms with Gasteiger partial charge in [0.1, 0.15) is 12.6 Å². The number of hydroxylamine groups is 2. The van der Waals surface area contributed by atoms with Gasteiger partial charge in [-0.05, 0) is 5.56 Å². The Hall–Kier alpha value is -3.64. The fourth-order valence-corrected chi connectivity index (χ4v) is 2.21. The maximum Gasteiger partial charge on any atom is 0.471 e. The number of hydrogen-bond donors (Lipinski definition) is 2. The second kappa shape index (κ2) is 9.71. The maximum absolute atomic E-state index is 12.4. The molecule has 1 atom stereocenters. The number of benzene rings is 1. The Morgan fingerprint density at radius 1 is 1.07 bits per heavy atom. The van der Waals surface area contributed by atoms with Gasteiger partial charge < -0.3 is 20.2 Å². The summed E-state index contributed by atoms with van der Waals surface area (Å²) in [7, 11) is 0. The number of alkyl carbamates (subject to hydrolysis) is 1. The topological polar surface area (TPSA) is 131 Å². The van der Waals surface area contributed by atoms with Gasteiger partial charge in [0, 0.05) is 19.4 Å². The number of amides is 4. The lowest BCUT2D eigenvalue weighted by Gasteiger charge is -2.20. The Labute approximate surface area is 167 Å². The maximum atomic E-state index is 12.4. The van der Waals surface area contributed by atoms with Crippen molar-refractivity contribution in [3.63, 3.8) is 0 Å². The Kier molecular flexibility index (Phi) is 7.33. The zero-order valence-electron chi connectivity index (χ0n) is 15.2. The second-order valence-electron chi connectivity index (χ2n) is 5.96. The molecule has 0 radical (unpaired) electrons. The lowest BCUT2D eigenvalue weighted by molar-refractivity contribution is -0.199. The molecule has 2 rings (SSSR count). The summed E-state index contributed by atoms with van der Waals surface area (Å²) < 4.78 is 41.9. The summed E-state index contributed by atoms with van der Waals surface area (Å²) in [6.45, 7) is -1.25. The van der Waals surface area contributed by atoms with Gasteiger partial charge >= 0.3 is 24.1 Å². The molecule has 1 heterocycles. The first-order valence-electron chi connectivity index (χ1n) is 8.47. The van der Waals surface area contributed by atoms with Crippen molar-refractivity contribution >= 4 is 29.8 Å². The molecule has 1 unspecified atom stereocenters. The van der Waals surface area contributed by atoms with Crippen LogP contribution in [0.4, 0.5) is 18.0 Å². The fourth-order valence-electron chi connectivity index (χ4n) is 2.21. The summed E-state index contributed by atoms with van der Waals surface area (Å²) in [4.78, 5) is 62.7. The molecule has 1 fully saturated rings. The molecule has 4 amide bonds. The summed E-state index contributed by atoms with van der Waals surface area (Å²) >= 11 is 0. The van der Waals surface area contributed by atoms with E-state index in [0.29, 0.717) is 5.56 Å². The molecule has 0 spiro atoms. The van der Waals surface area contributed by atoms with E-state index in [4.69, 9.17) is 4.74 Å². The van der Waals surface area contributed by atoms with E-state index in [2.05, 4.69) is 4.84 Å². The van der Waals surface area contributed by atoms with Crippen LogP contribution in [-0.2, 0) is 35.4 Å². The molecule has 0 aliphatic carbocycles.